The van der Waals surface area contributed by atoms with E-state index in [1.54, 1.807) is 11.1 Å². The van der Waals surface area contributed by atoms with Crippen LogP contribution in [0, 0.1) is 17.8 Å². The Morgan fingerprint density at radius 1 is 1.26 bits per heavy atom. The summed E-state index contributed by atoms with van der Waals surface area (Å²) >= 11 is 0. The molecule has 0 spiro atoms. The van der Waals surface area contributed by atoms with Crippen LogP contribution in [-0.2, 0) is 0 Å². The van der Waals surface area contributed by atoms with E-state index in [0.29, 0.717) is 11.8 Å². The first-order valence-electron chi connectivity index (χ1n) is 12.3. The average molecular weight is 420 g/mol. The third kappa shape index (κ3) is 7.56. The Morgan fingerprint density at radius 2 is 2.03 bits per heavy atom. The minimum atomic E-state index is 0.476. The summed E-state index contributed by atoms with van der Waals surface area (Å²) in [6, 6.07) is 0. The normalized spacial score (nSPS) is 21.2. The number of hydrogen-bond acceptors (Lipinski definition) is 1. The highest BCUT2D eigenvalue weighted by molar-refractivity contribution is 5.52. The molecule has 0 heterocycles. The van der Waals surface area contributed by atoms with Crippen molar-refractivity contribution in [2.75, 3.05) is 7.05 Å². The van der Waals surface area contributed by atoms with Gasteiger partial charge in [0.05, 0.1) is 0 Å². The van der Waals surface area contributed by atoms with Gasteiger partial charge in [0.1, 0.15) is 0 Å². The molecule has 170 valence electrons. The topological polar surface area (TPSA) is 12.0 Å². The maximum absolute atomic E-state index is 4.48. The van der Waals surface area contributed by atoms with Crippen LogP contribution in [0.4, 0.5) is 0 Å². The lowest BCUT2D eigenvalue weighted by molar-refractivity contribution is 0.557. The maximum Gasteiger partial charge on any atom is 0.00276 e. The lowest BCUT2D eigenvalue weighted by Crippen LogP contribution is -2.10. The molecule has 0 radical (unpaired) electrons. The summed E-state index contributed by atoms with van der Waals surface area (Å²) < 4.78 is 0. The van der Waals surface area contributed by atoms with Gasteiger partial charge >= 0.3 is 0 Å². The van der Waals surface area contributed by atoms with Crippen molar-refractivity contribution in [3.63, 3.8) is 0 Å². The Kier molecular flexibility index (Phi) is 10.4. The molecule has 2 aliphatic rings. The van der Waals surface area contributed by atoms with Crippen molar-refractivity contribution in [3.8, 4) is 0 Å². The zero-order chi connectivity index (χ0) is 22.8. The van der Waals surface area contributed by atoms with Crippen LogP contribution in [0.2, 0.25) is 0 Å². The van der Waals surface area contributed by atoms with Crippen molar-refractivity contribution in [1.29, 1.82) is 0 Å². The molecule has 0 saturated carbocycles. The molecular formula is C30H45N. The van der Waals surface area contributed by atoms with E-state index in [9.17, 15) is 0 Å². The van der Waals surface area contributed by atoms with E-state index in [4.69, 9.17) is 0 Å². The molecular weight excluding hydrogens is 374 g/mol. The summed E-state index contributed by atoms with van der Waals surface area (Å²) in [5, 5.41) is 3.06. The first kappa shape index (κ1) is 25.2. The Balaban J connectivity index is 1.92. The summed E-state index contributed by atoms with van der Waals surface area (Å²) in [7, 11) is 1.95. The number of nitrogens with one attached hydrogen (secondary N) is 1. The van der Waals surface area contributed by atoms with Crippen LogP contribution in [0.25, 0.3) is 0 Å². The quantitative estimate of drug-likeness (QED) is 0.334. The molecule has 0 amide bonds. The second-order valence-corrected chi connectivity index (χ2v) is 9.65. The van der Waals surface area contributed by atoms with Gasteiger partial charge in [-0.2, -0.15) is 0 Å². The standard InChI is InChI=1S/C30H45N/c1-8-11-27-14-16-28(24(4)20-27)15-13-22(2)26(6)30-18-17-29(21-25(30)5)23(3)12-9-10-19-31-7/h10,14,16-19,22-23,27,31H,5-6,8-9,11-13,15,20-21H2,1-4,7H3/b19-10+. The van der Waals surface area contributed by atoms with Gasteiger partial charge in [-0.1, -0.05) is 81.9 Å². The minimum Gasteiger partial charge on any atom is -0.394 e. The second kappa shape index (κ2) is 12.7. The van der Waals surface area contributed by atoms with Crippen LogP contribution < -0.4 is 5.32 Å². The fourth-order valence-corrected chi connectivity index (χ4v) is 4.78. The number of hydrogen-bond donors (Lipinski definition) is 1. The minimum absolute atomic E-state index is 0.476. The molecule has 0 aromatic rings. The highest BCUT2D eigenvalue weighted by Crippen LogP contribution is 2.37. The molecule has 2 aliphatic carbocycles. The van der Waals surface area contributed by atoms with Gasteiger partial charge in [0, 0.05) is 7.05 Å². The summed E-state index contributed by atoms with van der Waals surface area (Å²) in [4.78, 5) is 0. The SMILES string of the molecule is C=C1CC(C(C)CC/C=C/NC)=CC=C1C(=C)C(C)CCC1=C(C)CC(CCC)C=C1. The van der Waals surface area contributed by atoms with Gasteiger partial charge in [-0.3, -0.25) is 0 Å². The van der Waals surface area contributed by atoms with Crippen molar-refractivity contribution in [3.05, 3.63) is 83.2 Å². The summed E-state index contributed by atoms with van der Waals surface area (Å²) in [6.45, 7) is 18.2. The van der Waals surface area contributed by atoms with Gasteiger partial charge in [-0.15, -0.1) is 0 Å². The monoisotopic (exact) mass is 419 g/mol. The van der Waals surface area contributed by atoms with Gasteiger partial charge in [0.15, 0.2) is 0 Å². The van der Waals surface area contributed by atoms with E-state index in [1.807, 2.05) is 13.2 Å². The first-order valence-corrected chi connectivity index (χ1v) is 12.3. The molecule has 1 heteroatoms. The zero-order valence-electron chi connectivity index (χ0n) is 20.8. The lowest BCUT2D eigenvalue weighted by atomic mass is 9.79. The van der Waals surface area contributed by atoms with Gasteiger partial charge in [-0.25, -0.2) is 0 Å². The molecule has 0 saturated heterocycles. The van der Waals surface area contributed by atoms with Gasteiger partial charge in [0.25, 0.3) is 0 Å². The van der Waals surface area contributed by atoms with Gasteiger partial charge < -0.3 is 5.32 Å². The van der Waals surface area contributed by atoms with Crippen molar-refractivity contribution in [2.24, 2.45) is 17.8 Å². The van der Waals surface area contributed by atoms with Crippen LogP contribution in [-0.4, -0.2) is 7.05 Å². The smallest absolute Gasteiger partial charge is 0.00276 e. The highest BCUT2D eigenvalue weighted by atomic mass is 14.8. The third-order valence-electron chi connectivity index (χ3n) is 7.08. The van der Waals surface area contributed by atoms with Crippen LogP contribution in [0.3, 0.4) is 0 Å². The highest BCUT2D eigenvalue weighted by Gasteiger charge is 2.20. The number of allylic oxidation sites excluding steroid dienone is 11. The van der Waals surface area contributed by atoms with Gasteiger partial charge in [0.2, 0.25) is 0 Å². The van der Waals surface area contributed by atoms with E-state index in [0.717, 1.165) is 31.6 Å². The van der Waals surface area contributed by atoms with E-state index >= 15 is 0 Å². The van der Waals surface area contributed by atoms with Crippen molar-refractivity contribution in [2.45, 2.75) is 79.1 Å². The Morgan fingerprint density at radius 3 is 2.68 bits per heavy atom. The zero-order valence-corrected chi connectivity index (χ0v) is 20.8. The first-order chi connectivity index (χ1) is 14.9. The second-order valence-electron chi connectivity index (χ2n) is 9.65. The Bertz CT molecular complexity index is 783. The fraction of sp³-hybridized carbons (Fsp3) is 0.533. The molecule has 0 aromatic heterocycles. The third-order valence-corrected chi connectivity index (χ3v) is 7.08. The molecule has 3 unspecified atom stereocenters. The molecule has 0 aromatic carbocycles. The van der Waals surface area contributed by atoms with E-state index in [1.165, 1.54) is 48.0 Å². The molecule has 3 atom stereocenters. The largest absolute Gasteiger partial charge is 0.394 e. The fourth-order valence-electron chi connectivity index (χ4n) is 4.78. The molecule has 0 fully saturated rings. The van der Waals surface area contributed by atoms with Crippen molar-refractivity contribution < 1.29 is 0 Å². The molecule has 1 N–H and O–H groups in total. The van der Waals surface area contributed by atoms with Gasteiger partial charge in [-0.05, 0) is 98.1 Å². The van der Waals surface area contributed by atoms with Crippen LogP contribution >= 0.6 is 0 Å². The average Bonchev–Trinajstić information content (AvgIpc) is 2.75. The molecule has 1 nitrogen and oxygen atoms in total. The van der Waals surface area contributed by atoms with Crippen LogP contribution in [0.15, 0.2) is 83.2 Å². The summed E-state index contributed by atoms with van der Waals surface area (Å²) in [5.41, 5.74) is 8.42. The van der Waals surface area contributed by atoms with Crippen LogP contribution in [0.5, 0.6) is 0 Å². The lowest BCUT2D eigenvalue weighted by Gasteiger charge is -2.26. The maximum atomic E-state index is 4.48. The number of rotatable bonds is 12. The van der Waals surface area contributed by atoms with E-state index in [2.05, 4.69) is 76.5 Å². The molecule has 2 rings (SSSR count). The van der Waals surface area contributed by atoms with E-state index in [-0.39, 0.29) is 0 Å². The molecule has 0 bridgehead atoms. The predicted molar refractivity (Wildman–Crippen MR) is 139 cm³/mol. The summed E-state index contributed by atoms with van der Waals surface area (Å²) in [5.74, 6) is 1.81. The molecule has 0 aliphatic heterocycles. The van der Waals surface area contributed by atoms with Crippen molar-refractivity contribution >= 4 is 0 Å². The van der Waals surface area contributed by atoms with Crippen LogP contribution in [0.1, 0.15) is 79.1 Å². The summed E-state index contributed by atoms with van der Waals surface area (Å²) in [6.07, 6.45) is 23.1. The van der Waals surface area contributed by atoms with E-state index < -0.39 is 0 Å². The Labute approximate surface area is 192 Å². The Hall–Kier alpha value is -2.02. The van der Waals surface area contributed by atoms with Crippen molar-refractivity contribution in [1.82, 2.24) is 5.32 Å². The predicted octanol–water partition coefficient (Wildman–Crippen LogP) is 8.61. The molecule has 31 heavy (non-hydrogen) atoms.